The van der Waals surface area contributed by atoms with Crippen molar-refractivity contribution in [3.8, 4) is 0 Å². The largest absolute Gasteiger partial charge is 0.396 e. The van der Waals surface area contributed by atoms with E-state index in [9.17, 15) is 9.90 Å². The number of hydrogen-bond acceptors (Lipinski definition) is 3. The molecule has 1 saturated heterocycles. The van der Waals surface area contributed by atoms with Crippen molar-refractivity contribution in [1.29, 1.82) is 0 Å². The molecule has 1 amide bonds. The fraction of sp³-hybridized carbons (Fsp3) is 0.714. The lowest BCUT2D eigenvalue weighted by molar-refractivity contribution is 0.0619. The molecule has 0 saturated carbocycles. The van der Waals surface area contributed by atoms with Gasteiger partial charge < -0.3 is 10.0 Å². The number of aliphatic hydroxyl groups excluding tert-OH is 1. The van der Waals surface area contributed by atoms with Crippen molar-refractivity contribution in [3.05, 3.63) is 16.4 Å². The van der Waals surface area contributed by atoms with Crippen LogP contribution in [0.1, 0.15) is 48.7 Å². The number of halogens is 1. The highest BCUT2D eigenvalue weighted by Crippen LogP contribution is 2.28. The SMILES string of the molecule is CC(C)c1nn(C)c(Cl)c1C(=O)N1CCCC(CO)C1. The molecule has 1 unspecified atom stereocenters. The molecular formula is C14H22ClN3O2. The molecule has 0 aliphatic carbocycles. The van der Waals surface area contributed by atoms with Gasteiger partial charge in [-0.25, -0.2) is 0 Å². The molecular weight excluding hydrogens is 278 g/mol. The second kappa shape index (κ2) is 6.14. The third-order valence-corrected chi connectivity index (χ3v) is 4.26. The van der Waals surface area contributed by atoms with E-state index in [4.69, 9.17) is 11.6 Å². The molecule has 112 valence electrons. The van der Waals surface area contributed by atoms with Crippen LogP contribution in [0.4, 0.5) is 0 Å². The van der Waals surface area contributed by atoms with E-state index in [-0.39, 0.29) is 24.3 Å². The predicted octanol–water partition coefficient (Wildman–Crippen LogP) is 2.04. The Hall–Kier alpha value is -1.07. The zero-order valence-electron chi connectivity index (χ0n) is 12.3. The highest BCUT2D eigenvalue weighted by Gasteiger charge is 2.30. The van der Waals surface area contributed by atoms with E-state index in [0.717, 1.165) is 25.1 Å². The Labute approximate surface area is 124 Å². The molecule has 1 fully saturated rings. The summed E-state index contributed by atoms with van der Waals surface area (Å²) in [7, 11) is 1.75. The average molecular weight is 300 g/mol. The summed E-state index contributed by atoms with van der Waals surface area (Å²) in [6, 6.07) is 0. The van der Waals surface area contributed by atoms with Gasteiger partial charge in [-0.3, -0.25) is 9.48 Å². The van der Waals surface area contributed by atoms with Crippen molar-refractivity contribution in [1.82, 2.24) is 14.7 Å². The highest BCUT2D eigenvalue weighted by molar-refractivity contribution is 6.33. The quantitative estimate of drug-likeness (QED) is 0.929. The molecule has 0 radical (unpaired) electrons. The zero-order valence-corrected chi connectivity index (χ0v) is 13.0. The van der Waals surface area contributed by atoms with Crippen molar-refractivity contribution in [2.75, 3.05) is 19.7 Å². The maximum Gasteiger partial charge on any atom is 0.258 e. The van der Waals surface area contributed by atoms with Gasteiger partial charge in [-0.1, -0.05) is 25.4 Å². The maximum absolute atomic E-state index is 12.7. The minimum Gasteiger partial charge on any atom is -0.396 e. The molecule has 1 aromatic heterocycles. The summed E-state index contributed by atoms with van der Waals surface area (Å²) in [6.45, 7) is 5.45. The minimum absolute atomic E-state index is 0.0649. The molecule has 2 heterocycles. The Bertz CT molecular complexity index is 499. The van der Waals surface area contributed by atoms with Crippen molar-refractivity contribution in [2.24, 2.45) is 13.0 Å². The van der Waals surface area contributed by atoms with E-state index in [0.29, 0.717) is 17.3 Å². The van der Waals surface area contributed by atoms with Crippen molar-refractivity contribution in [3.63, 3.8) is 0 Å². The van der Waals surface area contributed by atoms with E-state index < -0.39 is 0 Å². The van der Waals surface area contributed by atoms with Gasteiger partial charge in [0, 0.05) is 26.7 Å². The fourth-order valence-corrected chi connectivity index (χ4v) is 2.90. The number of carbonyl (C=O) groups excluding carboxylic acids is 1. The van der Waals surface area contributed by atoms with Crippen LogP contribution in [0.2, 0.25) is 5.15 Å². The van der Waals surface area contributed by atoms with Gasteiger partial charge in [0.25, 0.3) is 5.91 Å². The molecule has 0 aromatic carbocycles. The van der Waals surface area contributed by atoms with Gasteiger partial charge in [-0.2, -0.15) is 5.10 Å². The van der Waals surface area contributed by atoms with Gasteiger partial charge in [0.05, 0.1) is 11.3 Å². The number of hydrogen-bond donors (Lipinski definition) is 1. The Balaban J connectivity index is 2.29. The smallest absolute Gasteiger partial charge is 0.258 e. The summed E-state index contributed by atoms with van der Waals surface area (Å²) in [5.74, 6) is 0.252. The number of aromatic nitrogens is 2. The topological polar surface area (TPSA) is 58.4 Å². The molecule has 20 heavy (non-hydrogen) atoms. The average Bonchev–Trinajstić information content (AvgIpc) is 2.74. The van der Waals surface area contributed by atoms with Crippen LogP contribution in [0.3, 0.4) is 0 Å². The third kappa shape index (κ3) is 2.83. The van der Waals surface area contributed by atoms with Gasteiger partial charge in [-0.05, 0) is 24.7 Å². The molecule has 6 heteroatoms. The van der Waals surface area contributed by atoms with Crippen molar-refractivity contribution >= 4 is 17.5 Å². The summed E-state index contributed by atoms with van der Waals surface area (Å²) in [5.41, 5.74) is 1.26. The van der Waals surface area contributed by atoms with E-state index in [1.54, 1.807) is 16.6 Å². The van der Waals surface area contributed by atoms with E-state index in [1.165, 1.54) is 0 Å². The number of aryl methyl sites for hydroxylation is 1. The summed E-state index contributed by atoms with van der Waals surface area (Å²) < 4.78 is 1.55. The molecule has 1 aliphatic heterocycles. The number of amides is 1. The molecule has 1 aliphatic rings. The first-order valence-electron chi connectivity index (χ1n) is 7.08. The molecule has 5 nitrogen and oxygen atoms in total. The Kier molecular flexibility index (Phi) is 4.70. The minimum atomic E-state index is -0.0649. The van der Waals surface area contributed by atoms with Gasteiger partial charge in [0.15, 0.2) is 0 Å². The number of rotatable bonds is 3. The van der Waals surface area contributed by atoms with E-state index in [1.807, 2.05) is 13.8 Å². The Morgan fingerprint density at radius 2 is 2.25 bits per heavy atom. The number of carbonyl (C=O) groups is 1. The molecule has 0 bridgehead atoms. The van der Waals surface area contributed by atoms with Gasteiger partial charge in [-0.15, -0.1) is 0 Å². The first-order chi connectivity index (χ1) is 9.45. The summed E-state index contributed by atoms with van der Waals surface area (Å²) in [6.07, 6.45) is 1.89. The lowest BCUT2D eigenvalue weighted by Crippen LogP contribution is -2.41. The maximum atomic E-state index is 12.7. The highest BCUT2D eigenvalue weighted by atomic mass is 35.5. The van der Waals surface area contributed by atoms with Crippen LogP contribution in [0.25, 0.3) is 0 Å². The lowest BCUT2D eigenvalue weighted by Gasteiger charge is -2.32. The summed E-state index contributed by atoms with van der Waals surface area (Å²) in [4.78, 5) is 14.5. The Morgan fingerprint density at radius 1 is 1.55 bits per heavy atom. The van der Waals surface area contributed by atoms with E-state index in [2.05, 4.69) is 5.10 Å². The van der Waals surface area contributed by atoms with Crippen LogP contribution in [0.5, 0.6) is 0 Å². The second-order valence-electron chi connectivity index (χ2n) is 5.77. The van der Waals surface area contributed by atoms with Gasteiger partial charge >= 0.3 is 0 Å². The fourth-order valence-electron chi connectivity index (χ4n) is 2.68. The number of likely N-dealkylation sites (tertiary alicyclic amines) is 1. The molecule has 0 spiro atoms. The normalized spacial score (nSPS) is 19.7. The monoisotopic (exact) mass is 299 g/mol. The number of aliphatic hydroxyl groups is 1. The summed E-state index contributed by atoms with van der Waals surface area (Å²) >= 11 is 6.25. The first-order valence-corrected chi connectivity index (χ1v) is 7.46. The zero-order chi connectivity index (χ0) is 14.9. The molecule has 1 aromatic rings. The lowest BCUT2D eigenvalue weighted by atomic mass is 9.97. The summed E-state index contributed by atoms with van der Waals surface area (Å²) in [5, 5.41) is 14.0. The number of nitrogens with zero attached hydrogens (tertiary/aromatic N) is 3. The van der Waals surface area contributed by atoms with Crippen molar-refractivity contribution in [2.45, 2.75) is 32.6 Å². The van der Waals surface area contributed by atoms with Gasteiger partial charge in [0.1, 0.15) is 5.15 Å². The van der Waals surface area contributed by atoms with Gasteiger partial charge in [0.2, 0.25) is 0 Å². The van der Waals surface area contributed by atoms with Crippen LogP contribution in [0.15, 0.2) is 0 Å². The first kappa shape index (κ1) is 15.3. The Morgan fingerprint density at radius 3 is 2.85 bits per heavy atom. The van der Waals surface area contributed by atoms with Crippen LogP contribution >= 0.6 is 11.6 Å². The van der Waals surface area contributed by atoms with Crippen molar-refractivity contribution < 1.29 is 9.90 Å². The third-order valence-electron chi connectivity index (χ3n) is 3.83. The standard InChI is InChI=1S/C14H22ClN3O2/c1-9(2)12-11(13(15)17(3)16-12)14(20)18-6-4-5-10(7-18)8-19/h9-10,19H,4-8H2,1-3H3. The second-order valence-corrected chi connectivity index (χ2v) is 6.13. The van der Waals surface area contributed by atoms with E-state index >= 15 is 0 Å². The molecule has 2 rings (SSSR count). The van der Waals surface area contributed by atoms with Crippen LogP contribution in [-0.4, -0.2) is 45.4 Å². The van der Waals surface area contributed by atoms with Crippen LogP contribution < -0.4 is 0 Å². The molecule has 1 N–H and O–H groups in total. The van der Waals surface area contributed by atoms with Crippen LogP contribution in [0, 0.1) is 5.92 Å². The van der Waals surface area contributed by atoms with Crippen LogP contribution in [-0.2, 0) is 7.05 Å². The molecule has 1 atom stereocenters. The number of piperidine rings is 1. The predicted molar refractivity (Wildman–Crippen MR) is 78.0 cm³/mol.